The summed E-state index contributed by atoms with van der Waals surface area (Å²) in [4.78, 5) is 16.5. The fourth-order valence-electron chi connectivity index (χ4n) is 3.04. The maximum atomic E-state index is 12.2. The molecule has 17 heavy (non-hydrogen) atoms. The number of nitrogens with two attached hydrogens (primary N) is 1. The van der Waals surface area contributed by atoms with E-state index in [1.54, 1.807) is 0 Å². The lowest BCUT2D eigenvalue weighted by Gasteiger charge is -2.30. The molecule has 4 heteroatoms. The van der Waals surface area contributed by atoms with E-state index in [1.807, 2.05) is 4.90 Å². The SMILES string of the molecule is NCCC1CCCN1CC(=O)N1CCCCC1. The molecule has 2 rings (SSSR count). The molecule has 1 amide bonds. The van der Waals surface area contributed by atoms with Gasteiger partial charge in [-0.05, 0) is 51.6 Å². The van der Waals surface area contributed by atoms with E-state index in [9.17, 15) is 4.79 Å². The van der Waals surface area contributed by atoms with Crippen LogP contribution in [0.1, 0.15) is 38.5 Å². The van der Waals surface area contributed by atoms with Gasteiger partial charge in [-0.1, -0.05) is 0 Å². The van der Waals surface area contributed by atoms with Crippen LogP contribution in [0.4, 0.5) is 0 Å². The molecule has 0 aromatic carbocycles. The number of hydrogen-bond acceptors (Lipinski definition) is 3. The van der Waals surface area contributed by atoms with Crippen molar-refractivity contribution in [3.8, 4) is 0 Å². The second kappa shape index (κ2) is 6.36. The van der Waals surface area contributed by atoms with Gasteiger partial charge in [0, 0.05) is 19.1 Å². The van der Waals surface area contributed by atoms with Crippen LogP contribution < -0.4 is 5.73 Å². The third-order valence-corrected chi connectivity index (χ3v) is 4.05. The molecule has 2 saturated heterocycles. The summed E-state index contributed by atoms with van der Waals surface area (Å²) in [6.45, 7) is 4.36. The molecule has 0 aromatic rings. The average molecular weight is 239 g/mol. The number of carbonyl (C=O) groups is 1. The Labute approximate surface area is 104 Å². The first kappa shape index (κ1) is 12.8. The van der Waals surface area contributed by atoms with Crippen molar-refractivity contribution in [2.45, 2.75) is 44.6 Å². The number of nitrogens with zero attached hydrogens (tertiary/aromatic N) is 2. The van der Waals surface area contributed by atoms with Gasteiger partial charge < -0.3 is 10.6 Å². The summed E-state index contributed by atoms with van der Waals surface area (Å²) in [6.07, 6.45) is 7.11. The van der Waals surface area contributed by atoms with Gasteiger partial charge in [-0.3, -0.25) is 9.69 Å². The lowest BCUT2D eigenvalue weighted by Crippen LogP contribution is -2.44. The normalized spacial score (nSPS) is 26.4. The number of piperidine rings is 1. The summed E-state index contributed by atoms with van der Waals surface area (Å²) >= 11 is 0. The van der Waals surface area contributed by atoms with Crippen LogP contribution >= 0.6 is 0 Å². The molecule has 98 valence electrons. The Bertz CT molecular complexity index is 251. The van der Waals surface area contributed by atoms with E-state index in [1.165, 1.54) is 32.1 Å². The van der Waals surface area contributed by atoms with Gasteiger partial charge in [-0.2, -0.15) is 0 Å². The van der Waals surface area contributed by atoms with Crippen LogP contribution in [0, 0.1) is 0 Å². The first-order valence-corrected chi connectivity index (χ1v) is 7.03. The molecule has 0 radical (unpaired) electrons. The quantitative estimate of drug-likeness (QED) is 0.790. The Morgan fingerprint density at radius 1 is 1.12 bits per heavy atom. The number of amides is 1. The van der Waals surface area contributed by atoms with Crippen LogP contribution in [0.25, 0.3) is 0 Å². The van der Waals surface area contributed by atoms with Crippen molar-refractivity contribution in [2.24, 2.45) is 5.73 Å². The van der Waals surface area contributed by atoms with Crippen LogP contribution in [-0.4, -0.2) is 54.5 Å². The first-order valence-electron chi connectivity index (χ1n) is 7.03. The van der Waals surface area contributed by atoms with Crippen molar-refractivity contribution in [1.29, 1.82) is 0 Å². The van der Waals surface area contributed by atoms with E-state index in [-0.39, 0.29) is 0 Å². The summed E-state index contributed by atoms with van der Waals surface area (Å²) < 4.78 is 0. The minimum Gasteiger partial charge on any atom is -0.342 e. The van der Waals surface area contributed by atoms with Gasteiger partial charge >= 0.3 is 0 Å². The van der Waals surface area contributed by atoms with Crippen LogP contribution in [0.2, 0.25) is 0 Å². The zero-order chi connectivity index (χ0) is 12.1. The predicted molar refractivity (Wildman–Crippen MR) is 68.7 cm³/mol. The maximum absolute atomic E-state index is 12.2. The summed E-state index contributed by atoms with van der Waals surface area (Å²) in [7, 11) is 0. The Morgan fingerprint density at radius 2 is 1.88 bits per heavy atom. The summed E-state index contributed by atoms with van der Waals surface area (Å²) in [6, 6.07) is 0.550. The minimum absolute atomic E-state index is 0.327. The van der Waals surface area contributed by atoms with Gasteiger partial charge in [0.15, 0.2) is 0 Å². The Kier molecular flexibility index (Phi) is 4.80. The van der Waals surface area contributed by atoms with Gasteiger partial charge in [0.25, 0.3) is 0 Å². The van der Waals surface area contributed by atoms with E-state index < -0.39 is 0 Å². The smallest absolute Gasteiger partial charge is 0.236 e. The molecule has 2 heterocycles. The van der Waals surface area contributed by atoms with Gasteiger partial charge in [0.2, 0.25) is 5.91 Å². The fourth-order valence-corrected chi connectivity index (χ4v) is 3.04. The Balaban J connectivity index is 1.80. The highest BCUT2D eigenvalue weighted by molar-refractivity contribution is 5.78. The highest BCUT2D eigenvalue weighted by atomic mass is 16.2. The minimum atomic E-state index is 0.327. The molecule has 0 saturated carbocycles. The molecule has 2 aliphatic rings. The van der Waals surface area contributed by atoms with Gasteiger partial charge in [0.05, 0.1) is 6.54 Å². The van der Waals surface area contributed by atoms with Crippen LogP contribution in [0.5, 0.6) is 0 Å². The highest BCUT2D eigenvalue weighted by Crippen LogP contribution is 2.20. The molecule has 2 aliphatic heterocycles. The molecule has 0 bridgehead atoms. The molecule has 0 aliphatic carbocycles. The van der Waals surface area contributed by atoms with E-state index >= 15 is 0 Å². The highest BCUT2D eigenvalue weighted by Gasteiger charge is 2.27. The maximum Gasteiger partial charge on any atom is 0.236 e. The number of carbonyl (C=O) groups excluding carboxylic acids is 1. The second-order valence-corrected chi connectivity index (χ2v) is 5.29. The van der Waals surface area contributed by atoms with Gasteiger partial charge in [0.1, 0.15) is 0 Å². The van der Waals surface area contributed by atoms with E-state index in [0.29, 0.717) is 18.5 Å². The second-order valence-electron chi connectivity index (χ2n) is 5.29. The van der Waals surface area contributed by atoms with Crippen LogP contribution in [-0.2, 0) is 4.79 Å². The molecule has 0 spiro atoms. The largest absolute Gasteiger partial charge is 0.342 e. The number of hydrogen-bond donors (Lipinski definition) is 1. The van der Waals surface area contributed by atoms with Crippen molar-refractivity contribution >= 4 is 5.91 Å². The third-order valence-electron chi connectivity index (χ3n) is 4.05. The number of likely N-dealkylation sites (tertiary alicyclic amines) is 2. The monoisotopic (exact) mass is 239 g/mol. The lowest BCUT2D eigenvalue weighted by molar-refractivity contribution is -0.133. The molecule has 2 N–H and O–H groups in total. The van der Waals surface area contributed by atoms with Crippen molar-refractivity contribution in [1.82, 2.24) is 9.80 Å². The Morgan fingerprint density at radius 3 is 2.59 bits per heavy atom. The zero-order valence-electron chi connectivity index (χ0n) is 10.7. The van der Waals surface area contributed by atoms with Crippen molar-refractivity contribution < 1.29 is 4.79 Å². The molecular formula is C13H25N3O. The molecule has 1 atom stereocenters. The topological polar surface area (TPSA) is 49.6 Å². The molecule has 0 aromatic heterocycles. The molecular weight excluding hydrogens is 214 g/mol. The van der Waals surface area contributed by atoms with Crippen molar-refractivity contribution in [2.75, 3.05) is 32.7 Å². The van der Waals surface area contributed by atoms with E-state index in [0.717, 1.165) is 32.6 Å². The molecule has 2 fully saturated rings. The van der Waals surface area contributed by atoms with Crippen LogP contribution in [0.15, 0.2) is 0 Å². The van der Waals surface area contributed by atoms with Gasteiger partial charge in [-0.15, -0.1) is 0 Å². The molecule has 1 unspecified atom stereocenters. The van der Waals surface area contributed by atoms with Crippen molar-refractivity contribution in [3.63, 3.8) is 0 Å². The average Bonchev–Trinajstić information content (AvgIpc) is 2.78. The van der Waals surface area contributed by atoms with E-state index in [2.05, 4.69) is 4.90 Å². The van der Waals surface area contributed by atoms with E-state index in [4.69, 9.17) is 5.73 Å². The molecule has 4 nitrogen and oxygen atoms in total. The number of rotatable bonds is 4. The summed E-state index contributed by atoms with van der Waals surface area (Å²) in [5.41, 5.74) is 5.62. The summed E-state index contributed by atoms with van der Waals surface area (Å²) in [5, 5.41) is 0. The zero-order valence-corrected chi connectivity index (χ0v) is 10.7. The summed E-state index contributed by atoms with van der Waals surface area (Å²) in [5.74, 6) is 0.327. The fraction of sp³-hybridized carbons (Fsp3) is 0.923. The lowest BCUT2D eigenvalue weighted by atomic mass is 10.1. The van der Waals surface area contributed by atoms with Crippen LogP contribution in [0.3, 0.4) is 0 Å². The van der Waals surface area contributed by atoms with Gasteiger partial charge in [-0.25, -0.2) is 0 Å². The predicted octanol–water partition coefficient (Wildman–Crippen LogP) is 0.812. The standard InChI is InChI=1S/C13H25N3O/c14-7-6-12-5-4-10-16(12)11-13(17)15-8-2-1-3-9-15/h12H,1-11,14H2. The third kappa shape index (κ3) is 3.42. The van der Waals surface area contributed by atoms with Crippen molar-refractivity contribution in [3.05, 3.63) is 0 Å². The first-order chi connectivity index (χ1) is 8.31. The Hall–Kier alpha value is -0.610.